The number of methoxy groups -OCH3 is 1. The summed E-state index contributed by atoms with van der Waals surface area (Å²) in [5.41, 5.74) is 2.25. The second-order valence-corrected chi connectivity index (χ2v) is 7.60. The van der Waals surface area contributed by atoms with Gasteiger partial charge in [-0.15, -0.1) is 0 Å². The summed E-state index contributed by atoms with van der Waals surface area (Å²) in [6.07, 6.45) is -0.975. The van der Waals surface area contributed by atoms with Crippen molar-refractivity contribution in [3.8, 4) is 5.75 Å². The number of carbonyl (C=O) groups excluding carboxylic acids is 2. The number of rotatable bonds is 3. The predicted molar refractivity (Wildman–Crippen MR) is 104 cm³/mol. The molecule has 6 nitrogen and oxygen atoms in total. The Kier molecular flexibility index (Phi) is 4.44. The van der Waals surface area contributed by atoms with E-state index in [4.69, 9.17) is 21.2 Å². The standard InChI is InChI=1S/C19H14BrClN2O4/c1-9-7-13(14(26-2)8-12(9)21)23-18(24)15-16(22-27-17(15)19(23)25)10-3-5-11(20)6-4-10/h3-8,15,17H,1-2H3/t15-,17+/m1/s1. The van der Waals surface area contributed by atoms with Crippen molar-refractivity contribution in [3.05, 3.63) is 57.0 Å². The maximum atomic E-state index is 13.2. The highest BCUT2D eigenvalue weighted by atomic mass is 79.9. The van der Waals surface area contributed by atoms with Gasteiger partial charge < -0.3 is 9.57 Å². The average molecular weight is 450 g/mol. The minimum atomic E-state index is -0.975. The van der Waals surface area contributed by atoms with Gasteiger partial charge in [0.2, 0.25) is 12.0 Å². The van der Waals surface area contributed by atoms with E-state index in [0.717, 1.165) is 20.5 Å². The van der Waals surface area contributed by atoms with Gasteiger partial charge in [-0.1, -0.05) is 44.8 Å². The van der Waals surface area contributed by atoms with Crippen molar-refractivity contribution < 1.29 is 19.2 Å². The number of imide groups is 1. The molecule has 0 saturated carbocycles. The minimum absolute atomic E-state index is 0.342. The highest BCUT2D eigenvalue weighted by Crippen LogP contribution is 2.40. The number of benzene rings is 2. The molecule has 4 rings (SSSR count). The van der Waals surface area contributed by atoms with E-state index in [2.05, 4.69) is 21.1 Å². The Balaban J connectivity index is 1.75. The van der Waals surface area contributed by atoms with Crippen LogP contribution in [0.2, 0.25) is 5.02 Å². The molecule has 0 aromatic heterocycles. The SMILES string of the molecule is COc1cc(Cl)c(C)cc1N1C(=O)[C@@H]2C(c3ccc(Br)cc3)=NO[C@@H]2C1=O. The average Bonchev–Trinajstić information content (AvgIpc) is 3.19. The lowest BCUT2D eigenvalue weighted by Crippen LogP contribution is -2.33. The molecule has 2 aromatic rings. The van der Waals surface area contributed by atoms with E-state index in [1.807, 2.05) is 24.3 Å². The lowest BCUT2D eigenvalue weighted by molar-refractivity contribution is -0.126. The molecule has 0 unspecified atom stereocenters. The van der Waals surface area contributed by atoms with Crippen LogP contribution in [0.3, 0.4) is 0 Å². The maximum absolute atomic E-state index is 13.2. The molecule has 2 heterocycles. The van der Waals surface area contributed by atoms with Crippen molar-refractivity contribution in [3.63, 3.8) is 0 Å². The summed E-state index contributed by atoms with van der Waals surface area (Å²) >= 11 is 9.52. The first-order chi connectivity index (χ1) is 12.9. The first kappa shape index (κ1) is 18.0. The van der Waals surface area contributed by atoms with Crippen molar-refractivity contribution >= 4 is 50.7 Å². The van der Waals surface area contributed by atoms with Gasteiger partial charge in [0, 0.05) is 21.1 Å². The lowest BCUT2D eigenvalue weighted by Gasteiger charge is -2.19. The van der Waals surface area contributed by atoms with Crippen molar-refractivity contribution in [1.29, 1.82) is 0 Å². The zero-order chi connectivity index (χ0) is 19.3. The topological polar surface area (TPSA) is 68.2 Å². The quantitative estimate of drug-likeness (QED) is 0.670. The van der Waals surface area contributed by atoms with Crippen LogP contribution >= 0.6 is 27.5 Å². The third-order valence-corrected chi connectivity index (χ3v) is 5.59. The molecule has 27 heavy (non-hydrogen) atoms. The van der Waals surface area contributed by atoms with Crippen LogP contribution in [0.15, 0.2) is 46.0 Å². The Bertz CT molecular complexity index is 990. The fraction of sp³-hybridized carbons (Fsp3) is 0.211. The van der Waals surface area contributed by atoms with Crippen LogP contribution < -0.4 is 9.64 Å². The molecular formula is C19H14BrClN2O4. The number of hydrogen-bond donors (Lipinski definition) is 0. The maximum Gasteiger partial charge on any atom is 0.279 e. The van der Waals surface area contributed by atoms with Gasteiger partial charge in [0.25, 0.3) is 5.91 Å². The number of halogens is 2. The summed E-state index contributed by atoms with van der Waals surface area (Å²) in [4.78, 5) is 32.5. The largest absolute Gasteiger partial charge is 0.495 e. The van der Waals surface area contributed by atoms with Crippen LogP contribution in [0, 0.1) is 12.8 Å². The molecule has 2 aliphatic rings. The molecule has 0 spiro atoms. The van der Waals surface area contributed by atoms with Crippen LogP contribution in [-0.2, 0) is 14.4 Å². The first-order valence-corrected chi connectivity index (χ1v) is 9.31. The van der Waals surface area contributed by atoms with Crippen LogP contribution in [0.1, 0.15) is 11.1 Å². The lowest BCUT2D eigenvalue weighted by atomic mass is 9.94. The number of hydrogen-bond acceptors (Lipinski definition) is 5. The number of fused-ring (bicyclic) bond motifs is 1. The fourth-order valence-electron chi connectivity index (χ4n) is 3.26. The van der Waals surface area contributed by atoms with E-state index >= 15 is 0 Å². The highest BCUT2D eigenvalue weighted by molar-refractivity contribution is 9.10. The van der Waals surface area contributed by atoms with Gasteiger partial charge in [-0.3, -0.25) is 9.59 Å². The van der Waals surface area contributed by atoms with Crippen molar-refractivity contribution in [1.82, 2.24) is 0 Å². The molecule has 138 valence electrons. The van der Waals surface area contributed by atoms with E-state index in [-0.39, 0.29) is 0 Å². The van der Waals surface area contributed by atoms with Crippen molar-refractivity contribution in [2.45, 2.75) is 13.0 Å². The number of aryl methyl sites for hydroxylation is 1. The first-order valence-electron chi connectivity index (χ1n) is 8.14. The molecule has 2 atom stereocenters. The third kappa shape index (κ3) is 2.82. The zero-order valence-electron chi connectivity index (χ0n) is 14.4. The molecule has 0 aliphatic carbocycles. The number of amides is 2. The van der Waals surface area contributed by atoms with E-state index in [0.29, 0.717) is 22.2 Å². The Hall–Kier alpha value is -2.38. The molecule has 8 heteroatoms. The summed E-state index contributed by atoms with van der Waals surface area (Å²) in [5.74, 6) is -1.32. The van der Waals surface area contributed by atoms with Crippen molar-refractivity contribution in [2.75, 3.05) is 12.0 Å². The second kappa shape index (κ2) is 6.65. The Labute approximate surface area is 168 Å². The van der Waals surface area contributed by atoms with Gasteiger partial charge in [-0.25, -0.2) is 4.90 Å². The highest BCUT2D eigenvalue weighted by Gasteiger charge is 2.56. The summed E-state index contributed by atoms with van der Waals surface area (Å²) in [5, 5.41) is 4.49. The van der Waals surface area contributed by atoms with Gasteiger partial charge in [0.1, 0.15) is 17.4 Å². The summed E-state index contributed by atoms with van der Waals surface area (Å²) in [7, 11) is 1.46. The normalized spacial score (nSPS) is 21.2. The van der Waals surface area contributed by atoms with Gasteiger partial charge in [0.15, 0.2) is 0 Å². The number of carbonyl (C=O) groups is 2. The number of oxime groups is 1. The van der Waals surface area contributed by atoms with Gasteiger partial charge >= 0.3 is 0 Å². The molecule has 0 radical (unpaired) electrons. The number of anilines is 1. The molecule has 1 fully saturated rings. The molecule has 0 bridgehead atoms. The van der Waals surface area contributed by atoms with Crippen LogP contribution in [0.4, 0.5) is 5.69 Å². The zero-order valence-corrected chi connectivity index (χ0v) is 16.7. The van der Waals surface area contributed by atoms with E-state index < -0.39 is 23.8 Å². The van der Waals surface area contributed by atoms with Crippen LogP contribution in [-0.4, -0.2) is 30.7 Å². The summed E-state index contributed by atoms with van der Waals surface area (Å²) in [6.45, 7) is 1.79. The summed E-state index contributed by atoms with van der Waals surface area (Å²) in [6, 6.07) is 10.6. The van der Waals surface area contributed by atoms with Crippen molar-refractivity contribution in [2.24, 2.45) is 11.1 Å². The molecular weight excluding hydrogens is 436 g/mol. The monoisotopic (exact) mass is 448 g/mol. The number of ether oxygens (including phenoxy) is 1. The molecule has 0 N–H and O–H groups in total. The van der Waals surface area contributed by atoms with Gasteiger partial charge in [0.05, 0.1) is 12.8 Å². The third-order valence-electron chi connectivity index (χ3n) is 4.65. The van der Waals surface area contributed by atoms with Crippen LogP contribution in [0.5, 0.6) is 5.75 Å². The Morgan fingerprint density at radius 1 is 1.19 bits per heavy atom. The summed E-state index contributed by atoms with van der Waals surface area (Å²) < 4.78 is 6.23. The van der Waals surface area contributed by atoms with E-state index in [1.165, 1.54) is 7.11 Å². The van der Waals surface area contributed by atoms with Gasteiger partial charge in [-0.2, -0.15) is 0 Å². The predicted octanol–water partition coefficient (Wildman–Crippen LogP) is 3.71. The van der Waals surface area contributed by atoms with E-state index in [1.54, 1.807) is 19.1 Å². The molecule has 1 saturated heterocycles. The minimum Gasteiger partial charge on any atom is -0.495 e. The second-order valence-electron chi connectivity index (χ2n) is 6.27. The van der Waals surface area contributed by atoms with Gasteiger partial charge in [-0.05, 0) is 30.7 Å². The fourth-order valence-corrected chi connectivity index (χ4v) is 3.68. The Morgan fingerprint density at radius 2 is 1.89 bits per heavy atom. The van der Waals surface area contributed by atoms with E-state index in [9.17, 15) is 9.59 Å². The number of nitrogens with zero attached hydrogens (tertiary/aromatic N) is 2. The molecule has 2 aliphatic heterocycles. The molecule has 2 amide bonds. The Morgan fingerprint density at radius 3 is 2.56 bits per heavy atom. The molecule has 2 aromatic carbocycles. The smallest absolute Gasteiger partial charge is 0.279 e. The van der Waals surface area contributed by atoms with Crippen LogP contribution in [0.25, 0.3) is 0 Å².